The van der Waals surface area contributed by atoms with Gasteiger partial charge in [-0.15, -0.1) is 0 Å². The molecule has 19 heavy (non-hydrogen) atoms. The molecule has 5 heteroatoms. The van der Waals surface area contributed by atoms with Gasteiger partial charge >= 0.3 is 0 Å². The van der Waals surface area contributed by atoms with Gasteiger partial charge in [0.05, 0.1) is 11.4 Å². The van der Waals surface area contributed by atoms with Crippen LogP contribution < -0.4 is 11.5 Å². The number of anilines is 2. The van der Waals surface area contributed by atoms with Crippen LogP contribution >= 0.6 is 0 Å². The molecular weight excluding hydrogens is 238 g/mol. The molecule has 0 atom stereocenters. The summed E-state index contributed by atoms with van der Waals surface area (Å²) >= 11 is 0. The molecule has 4 N–H and O–H groups in total. The van der Waals surface area contributed by atoms with Gasteiger partial charge < -0.3 is 11.5 Å². The van der Waals surface area contributed by atoms with E-state index < -0.39 is 0 Å². The molecule has 0 unspecified atom stereocenters. The first-order valence-corrected chi connectivity index (χ1v) is 6.32. The Morgan fingerprint density at radius 2 is 1.37 bits per heavy atom. The minimum absolute atomic E-state index is 0.552. The first kappa shape index (κ1) is 13.3. The van der Waals surface area contributed by atoms with Crippen LogP contribution in [0.25, 0.3) is 0 Å². The van der Waals surface area contributed by atoms with Gasteiger partial charge in [-0.05, 0) is 30.8 Å². The van der Waals surface area contributed by atoms with Gasteiger partial charge in [0, 0.05) is 13.1 Å². The van der Waals surface area contributed by atoms with E-state index in [1.165, 1.54) is 0 Å². The predicted octanol–water partition coefficient (Wildman–Crippen LogP) is 1.66. The fraction of sp³-hybridized carbons (Fsp3) is 0.286. The van der Waals surface area contributed by atoms with Gasteiger partial charge in [0.15, 0.2) is 0 Å². The topological polar surface area (TPSA) is 81.1 Å². The number of pyridine rings is 2. The van der Waals surface area contributed by atoms with Crippen LogP contribution in [-0.4, -0.2) is 21.4 Å². The summed E-state index contributed by atoms with van der Waals surface area (Å²) in [5.74, 6) is 1.10. The standard InChI is InChI=1S/C14H19N5/c1-2-19(9-11-5-3-7-13(15)17-11)10-12-6-4-8-14(16)18-12/h3-8H,2,9-10H2,1H3,(H2,15,17)(H2,16,18). The van der Waals surface area contributed by atoms with Gasteiger partial charge in [0.25, 0.3) is 0 Å². The van der Waals surface area contributed by atoms with E-state index in [0.29, 0.717) is 11.6 Å². The maximum atomic E-state index is 5.69. The molecule has 2 aromatic rings. The molecule has 0 saturated carbocycles. The highest BCUT2D eigenvalue weighted by atomic mass is 15.1. The van der Waals surface area contributed by atoms with Gasteiger partial charge in [0.2, 0.25) is 0 Å². The second-order valence-corrected chi connectivity index (χ2v) is 4.41. The molecule has 5 nitrogen and oxygen atoms in total. The molecular formula is C14H19N5. The first-order chi connectivity index (χ1) is 9.17. The Kier molecular flexibility index (Phi) is 4.30. The summed E-state index contributed by atoms with van der Waals surface area (Å²) in [6.45, 7) is 4.52. The maximum absolute atomic E-state index is 5.69. The van der Waals surface area contributed by atoms with Crippen molar-refractivity contribution >= 4 is 11.6 Å². The molecule has 2 aromatic heterocycles. The van der Waals surface area contributed by atoms with Crippen molar-refractivity contribution in [2.24, 2.45) is 0 Å². The molecule has 0 fully saturated rings. The van der Waals surface area contributed by atoms with Crippen LogP contribution in [0.3, 0.4) is 0 Å². The second kappa shape index (κ2) is 6.15. The lowest BCUT2D eigenvalue weighted by atomic mass is 10.3. The number of nitrogens with zero attached hydrogens (tertiary/aromatic N) is 3. The Balaban J connectivity index is 2.04. The highest BCUT2D eigenvalue weighted by Gasteiger charge is 2.07. The maximum Gasteiger partial charge on any atom is 0.123 e. The van der Waals surface area contributed by atoms with Crippen molar-refractivity contribution in [3.8, 4) is 0 Å². The summed E-state index contributed by atoms with van der Waals surface area (Å²) in [5, 5.41) is 0. The third-order valence-corrected chi connectivity index (χ3v) is 2.88. The second-order valence-electron chi connectivity index (χ2n) is 4.41. The first-order valence-electron chi connectivity index (χ1n) is 6.32. The summed E-state index contributed by atoms with van der Waals surface area (Å²) < 4.78 is 0. The van der Waals surface area contributed by atoms with E-state index in [4.69, 9.17) is 11.5 Å². The van der Waals surface area contributed by atoms with Crippen molar-refractivity contribution in [3.05, 3.63) is 47.8 Å². The predicted molar refractivity (Wildman–Crippen MR) is 77.1 cm³/mol. The number of rotatable bonds is 5. The summed E-state index contributed by atoms with van der Waals surface area (Å²) in [6.07, 6.45) is 0. The SMILES string of the molecule is CCN(Cc1cccc(N)n1)Cc1cccc(N)n1. The minimum atomic E-state index is 0.552. The Morgan fingerprint density at radius 3 is 1.74 bits per heavy atom. The Labute approximate surface area is 113 Å². The van der Waals surface area contributed by atoms with E-state index in [9.17, 15) is 0 Å². The summed E-state index contributed by atoms with van der Waals surface area (Å²) in [7, 11) is 0. The Hall–Kier alpha value is -2.14. The summed E-state index contributed by atoms with van der Waals surface area (Å²) in [5.41, 5.74) is 13.3. The number of nitrogens with two attached hydrogens (primary N) is 2. The number of hydrogen-bond acceptors (Lipinski definition) is 5. The number of hydrogen-bond donors (Lipinski definition) is 2. The molecule has 0 aliphatic heterocycles. The fourth-order valence-electron chi connectivity index (χ4n) is 1.91. The zero-order valence-electron chi connectivity index (χ0n) is 11.1. The van der Waals surface area contributed by atoms with E-state index >= 15 is 0 Å². The van der Waals surface area contributed by atoms with Crippen LogP contribution in [0, 0.1) is 0 Å². The fourth-order valence-corrected chi connectivity index (χ4v) is 1.91. The minimum Gasteiger partial charge on any atom is -0.384 e. The van der Waals surface area contributed by atoms with E-state index in [2.05, 4.69) is 21.8 Å². The largest absolute Gasteiger partial charge is 0.384 e. The number of aromatic nitrogens is 2. The van der Waals surface area contributed by atoms with Crippen LogP contribution in [0.1, 0.15) is 18.3 Å². The molecule has 100 valence electrons. The lowest BCUT2D eigenvalue weighted by Gasteiger charge is -2.19. The van der Waals surface area contributed by atoms with Gasteiger partial charge in [-0.2, -0.15) is 0 Å². The highest BCUT2D eigenvalue weighted by molar-refractivity contribution is 5.29. The van der Waals surface area contributed by atoms with Crippen LogP contribution in [0.5, 0.6) is 0 Å². The van der Waals surface area contributed by atoms with Crippen molar-refractivity contribution < 1.29 is 0 Å². The van der Waals surface area contributed by atoms with Gasteiger partial charge in [-0.1, -0.05) is 19.1 Å². The van der Waals surface area contributed by atoms with Gasteiger partial charge in [-0.3, -0.25) is 4.90 Å². The Morgan fingerprint density at radius 1 is 0.895 bits per heavy atom. The third kappa shape index (κ3) is 3.93. The molecule has 2 rings (SSSR count). The van der Waals surface area contributed by atoms with Crippen molar-refractivity contribution in [2.75, 3.05) is 18.0 Å². The lowest BCUT2D eigenvalue weighted by molar-refractivity contribution is 0.265. The zero-order chi connectivity index (χ0) is 13.7. The molecule has 2 heterocycles. The summed E-state index contributed by atoms with van der Waals surface area (Å²) in [6, 6.07) is 11.4. The van der Waals surface area contributed by atoms with Crippen LogP contribution in [0.4, 0.5) is 11.6 Å². The normalized spacial score (nSPS) is 10.8. The summed E-state index contributed by atoms with van der Waals surface area (Å²) in [4.78, 5) is 10.9. The quantitative estimate of drug-likeness (QED) is 0.851. The Bertz CT molecular complexity index is 493. The van der Waals surface area contributed by atoms with Crippen LogP contribution in [0.15, 0.2) is 36.4 Å². The molecule has 0 saturated heterocycles. The lowest BCUT2D eigenvalue weighted by Crippen LogP contribution is -2.23. The average Bonchev–Trinajstić information content (AvgIpc) is 2.38. The smallest absolute Gasteiger partial charge is 0.123 e. The van der Waals surface area contributed by atoms with Crippen molar-refractivity contribution in [1.29, 1.82) is 0 Å². The van der Waals surface area contributed by atoms with E-state index in [1.54, 1.807) is 12.1 Å². The van der Waals surface area contributed by atoms with Crippen molar-refractivity contribution in [1.82, 2.24) is 14.9 Å². The third-order valence-electron chi connectivity index (χ3n) is 2.88. The monoisotopic (exact) mass is 257 g/mol. The molecule has 0 aromatic carbocycles. The van der Waals surface area contributed by atoms with Crippen LogP contribution in [-0.2, 0) is 13.1 Å². The molecule has 0 spiro atoms. The zero-order valence-corrected chi connectivity index (χ0v) is 11.1. The van der Waals surface area contributed by atoms with Crippen molar-refractivity contribution in [2.45, 2.75) is 20.0 Å². The van der Waals surface area contributed by atoms with Crippen LogP contribution in [0.2, 0.25) is 0 Å². The highest BCUT2D eigenvalue weighted by Crippen LogP contribution is 2.09. The van der Waals surface area contributed by atoms with Crippen molar-refractivity contribution in [3.63, 3.8) is 0 Å². The average molecular weight is 257 g/mol. The molecule has 0 amide bonds. The van der Waals surface area contributed by atoms with Gasteiger partial charge in [0.1, 0.15) is 11.6 Å². The molecule has 0 bridgehead atoms. The molecule has 0 aliphatic carbocycles. The van der Waals surface area contributed by atoms with E-state index in [-0.39, 0.29) is 0 Å². The van der Waals surface area contributed by atoms with E-state index in [0.717, 1.165) is 31.0 Å². The number of nitrogen functional groups attached to an aromatic ring is 2. The van der Waals surface area contributed by atoms with Gasteiger partial charge in [-0.25, -0.2) is 9.97 Å². The van der Waals surface area contributed by atoms with E-state index in [1.807, 2.05) is 24.3 Å². The molecule has 0 aliphatic rings. The molecule has 0 radical (unpaired) electrons.